The molecule has 3 aromatic rings. The van der Waals surface area contributed by atoms with Crippen LogP contribution in [0, 0.1) is 19.7 Å². The van der Waals surface area contributed by atoms with Crippen LogP contribution in [0.2, 0.25) is 0 Å². The molecule has 2 aromatic carbocycles. The van der Waals surface area contributed by atoms with Gasteiger partial charge in [0, 0.05) is 11.5 Å². The lowest BCUT2D eigenvalue weighted by Crippen LogP contribution is -2.11. The van der Waals surface area contributed by atoms with Gasteiger partial charge in [0.2, 0.25) is 0 Å². The van der Waals surface area contributed by atoms with Crippen LogP contribution in [0.25, 0.3) is 10.9 Å². The van der Waals surface area contributed by atoms with Crippen molar-refractivity contribution >= 4 is 16.9 Å². The summed E-state index contributed by atoms with van der Waals surface area (Å²) < 4.78 is 24.9. The summed E-state index contributed by atoms with van der Waals surface area (Å²) in [4.78, 5) is 15.2. The molecule has 134 valence electrons. The van der Waals surface area contributed by atoms with Crippen molar-refractivity contribution in [3.8, 4) is 11.5 Å². The van der Waals surface area contributed by atoms with Gasteiger partial charge in [0.05, 0.1) is 5.52 Å². The van der Waals surface area contributed by atoms with Crippen LogP contribution in [0.4, 0.5) is 4.39 Å². The molecule has 0 amide bonds. The third-order valence-electron chi connectivity index (χ3n) is 4.11. The molecule has 3 rings (SSSR count). The first-order chi connectivity index (χ1) is 12.5. The van der Waals surface area contributed by atoms with E-state index in [1.165, 1.54) is 24.3 Å². The number of aromatic nitrogens is 1. The van der Waals surface area contributed by atoms with Gasteiger partial charge in [-0.1, -0.05) is 12.1 Å². The van der Waals surface area contributed by atoms with E-state index in [0.29, 0.717) is 10.9 Å². The predicted molar refractivity (Wildman–Crippen MR) is 95.6 cm³/mol. The number of halogens is 1. The highest BCUT2D eigenvalue weighted by molar-refractivity contribution is 5.93. The lowest BCUT2D eigenvalue weighted by molar-refractivity contribution is 0.0690. The van der Waals surface area contributed by atoms with Crippen LogP contribution in [0.3, 0.4) is 0 Å². The summed E-state index contributed by atoms with van der Waals surface area (Å²) in [5, 5.41) is 9.60. The molecule has 26 heavy (non-hydrogen) atoms. The van der Waals surface area contributed by atoms with E-state index >= 15 is 0 Å². The van der Waals surface area contributed by atoms with Gasteiger partial charge in [0.25, 0.3) is 0 Å². The average molecular weight is 355 g/mol. The predicted octanol–water partition coefficient (Wildman–Crippen LogP) is 4.15. The highest BCUT2D eigenvalue weighted by Crippen LogP contribution is 2.27. The standard InChI is InChI=1S/C20H18FNO4/c1-12-4-3-5-18(13(12)2)25-8-9-26-19-11-17(20(23)24)22-16-7-6-14(21)10-15(16)19/h3-7,10-11H,8-9H2,1-2H3,(H,23,24). The zero-order valence-corrected chi connectivity index (χ0v) is 14.5. The van der Waals surface area contributed by atoms with Crippen LogP contribution in [-0.2, 0) is 0 Å². The van der Waals surface area contributed by atoms with Gasteiger partial charge in [-0.3, -0.25) is 0 Å². The number of benzene rings is 2. The zero-order valence-electron chi connectivity index (χ0n) is 14.5. The van der Waals surface area contributed by atoms with Crippen molar-refractivity contribution in [3.63, 3.8) is 0 Å². The van der Waals surface area contributed by atoms with Crippen LogP contribution in [0.15, 0.2) is 42.5 Å². The number of carbonyl (C=O) groups is 1. The molecule has 5 nitrogen and oxygen atoms in total. The molecule has 1 N–H and O–H groups in total. The molecule has 0 aliphatic rings. The SMILES string of the molecule is Cc1cccc(OCCOc2cc(C(=O)O)nc3ccc(F)cc23)c1C. The molecule has 0 fully saturated rings. The van der Waals surface area contributed by atoms with E-state index in [9.17, 15) is 14.3 Å². The van der Waals surface area contributed by atoms with Crippen molar-refractivity contribution in [2.24, 2.45) is 0 Å². The maximum absolute atomic E-state index is 13.5. The lowest BCUT2D eigenvalue weighted by atomic mass is 10.1. The Balaban J connectivity index is 1.76. The Hall–Kier alpha value is -3.15. The molecule has 0 bridgehead atoms. The Labute approximate surface area is 150 Å². The second-order valence-corrected chi connectivity index (χ2v) is 5.87. The summed E-state index contributed by atoms with van der Waals surface area (Å²) in [6, 6.07) is 11.0. The van der Waals surface area contributed by atoms with Crippen molar-refractivity contribution in [1.82, 2.24) is 4.98 Å². The minimum absolute atomic E-state index is 0.158. The molecule has 0 saturated heterocycles. The van der Waals surface area contributed by atoms with Crippen molar-refractivity contribution in [3.05, 3.63) is 65.1 Å². The summed E-state index contributed by atoms with van der Waals surface area (Å²) in [6.45, 7) is 4.43. The van der Waals surface area contributed by atoms with E-state index in [-0.39, 0.29) is 24.7 Å². The third-order valence-corrected chi connectivity index (χ3v) is 4.11. The Kier molecular flexibility index (Phi) is 5.02. The largest absolute Gasteiger partial charge is 0.490 e. The second kappa shape index (κ2) is 7.39. The number of fused-ring (bicyclic) bond motifs is 1. The Morgan fingerprint density at radius 3 is 2.54 bits per heavy atom. The van der Waals surface area contributed by atoms with E-state index < -0.39 is 11.8 Å². The molecule has 0 spiro atoms. The number of ether oxygens (including phenoxy) is 2. The summed E-state index contributed by atoms with van der Waals surface area (Å²) in [6.07, 6.45) is 0. The maximum Gasteiger partial charge on any atom is 0.354 e. The highest BCUT2D eigenvalue weighted by atomic mass is 19.1. The first-order valence-electron chi connectivity index (χ1n) is 8.11. The van der Waals surface area contributed by atoms with Gasteiger partial charge >= 0.3 is 5.97 Å². The fourth-order valence-electron chi connectivity index (χ4n) is 2.58. The maximum atomic E-state index is 13.5. The first-order valence-corrected chi connectivity index (χ1v) is 8.11. The van der Waals surface area contributed by atoms with Gasteiger partial charge in [0.1, 0.15) is 30.5 Å². The number of carboxylic acid groups (broad SMARTS) is 1. The first kappa shape index (κ1) is 17.7. The molecular formula is C20H18FNO4. The monoisotopic (exact) mass is 355 g/mol. The minimum atomic E-state index is -1.17. The lowest BCUT2D eigenvalue weighted by Gasteiger charge is -2.13. The van der Waals surface area contributed by atoms with E-state index in [0.717, 1.165) is 16.9 Å². The summed E-state index contributed by atoms with van der Waals surface area (Å²) in [5.41, 5.74) is 2.38. The molecule has 0 saturated carbocycles. The Bertz CT molecular complexity index is 971. The number of pyridine rings is 1. The van der Waals surface area contributed by atoms with E-state index in [1.807, 2.05) is 32.0 Å². The fourth-order valence-corrected chi connectivity index (χ4v) is 2.58. The Morgan fingerprint density at radius 1 is 1.08 bits per heavy atom. The second-order valence-electron chi connectivity index (χ2n) is 5.87. The zero-order chi connectivity index (χ0) is 18.7. The van der Waals surface area contributed by atoms with Crippen LogP contribution >= 0.6 is 0 Å². The fraction of sp³-hybridized carbons (Fsp3) is 0.200. The molecule has 0 unspecified atom stereocenters. The minimum Gasteiger partial charge on any atom is -0.490 e. The number of hydrogen-bond acceptors (Lipinski definition) is 4. The molecular weight excluding hydrogens is 337 g/mol. The topological polar surface area (TPSA) is 68.7 Å². The van der Waals surface area contributed by atoms with Gasteiger partial charge < -0.3 is 14.6 Å². The molecule has 1 heterocycles. The van der Waals surface area contributed by atoms with Crippen molar-refractivity contribution in [1.29, 1.82) is 0 Å². The highest BCUT2D eigenvalue weighted by Gasteiger charge is 2.13. The molecule has 1 aromatic heterocycles. The summed E-state index contributed by atoms with van der Waals surface area (Å²) in [7, 11) is 0. The van der Waals surface area contributed by atoms with Gasteiger partial charge in [-0.2, -0.15) is 0 Å². The Morgan fingerprint density at radius 2 is 1.81 bits per heavy atom. The van der Waals surface area contributed by atoms with Crippen molar-refractivity contribution in [2.45, 2.75) is 13.8 Å². The number of rotatable bonds is 6. The number of nitrogens with zero attached hydrogens (tertiary/aromatic N) is 1. The normalized spacial score (nSPS) is 10.7. The summed E-state index contributed by atoms with van der Waals surface area (Å²) >= 11 is 0. The average Bonchev–Trinajstić information content (AvgIpc) is 2.61. The number of carboxylic acids is 1. The van der Waals surface area contributed by atoms with Gasteiger partial charge in [-0.05, 0) is 49.2 Å². The molecule has 6 heteroatoms. The van der Waals surface area contributed by atoms with Crippen LogP contribution in [-0.4, -0.2) is 29.3 Å². The van der Waals surface area contributed by atoms with Gasteiger partial charge in [-0.15, -0.1) is 0 Å². The third kappa shape index (κ3) is 3.74. The van der Waals surface area contributed by atoms with Crippen LogP contribution in [0.5, 0.6) is 11.5 Å². The van der Waals surface area contributed by atoms with Crippen molar-refractivity contribution < 1.29 is 23.8 Å². The van der Waals surface area contributed by atoms with E-state index in [2.05, 4.69) is 4.98 Å². The van der Waals surface area contributed by atoms with E-state index in [4.69, 9.17) is 9.47 Å². The molecule has 0 radical (unpaired) electrons. The van der Waals surface area contributed by atoms with Crippen LogP contribution in [0.1, 0.15) is 21.6 Å². The number of aromatic carboxylic acids is 1. The summed E-state index contributed by atoms with van der Waals surface area (Å²) in [5.74, 6) is -0.589. The molecule has 0 aliphatic heterocycles. The quantitative estimate of drug-likeness (QED) is 0.673. The molecule has 0 atom stereocenters. The van der Waals surface area contributed by atoms with E-state index in [1.54, 1.807) is 0 Å². The number of hydrogen-bond donors (Lipinski definition) is 1. The number of aryl methyl sites for hydroxylation is 1. The van der Waals surface area contributed by atoms with Crippen molar-refractivity contribution in [2.75, 3.05) is 13.2 Å². The van der Waals surface area contributed by atoms with Gasteiger partial charge in [-0.25, -0.2) is 14.2 Å². The molecule has 0 aliphatic carbocycles. The smallest absolute Gasteiger partial charge is 0.354 e. The van der Waals surface area contributed by atoms with Crippen LogP contribution < -0.4 is 9.47 Å². The van der Waals surface area contributed by atoms with Gasteiger partial charge in [0.15, 0.2) is 5.69 Å².